The van der Waals surface area contributed by atoms with Crippen LogP contribution < -0.4 is 0 Å². The Morgan fingerprint density at radius 3 is 2.42 bits per heavy atom. The van der Waals surface area contributed by atoms with Gasteiger partial charge < -0.3 is 19.8 Å². The van der Waals surface area contributed by atoms with E-state index < -0.39 is 0 Å². The van der Waals surface area contributed by atoms with Crippen LogP contribution in [0, 0.1) is 5.92 Å². The van der Waals surface area contributed by atoms with E-state index in [1.54, 1.807) is 28.8 Å². The van der Waals surface area contributed by atoms with Gasteiger partial charge in [0.1, 0.15) is 0 Å². The van der Waals surface area contributed by atoms with Crippen LogP contribution in [0.5, 0.6) is 0 Å². The van der Waals surface area contributed by atoms with Gasteiger partial charge in [-0.15, -0.1) is 0 Å². The molecule has 7 nitrogen and oxygen atoms in total. The number of carbonyl (C=O) groups is 3. The molecule has 2 aliphatic heterocycles. The number of hydrogen-bond donors (Lipinski definition) is 1. The molecule has 3 aliphatic rings. The van der Waals surface area contributed by atoms with Crippen molar-refractivity contribution in [2.24, 2.45) is 5.92 Å². The summed E-state index contributed by atoms with van der Waals surface area (Å²) < 4.78 is 0. The zero-order valence-electron chi connectivity index (χ0n) is 19.0. The Morgan fingerprint density at radius 1 is 1.06 bits per heavy atom. The predicted molar refractivity (Wildman–Crippen MR) is 123 cm³/mol. The van der Waals surface area contributed by atoms with Gasteiger partial charge in [-0.25, -0.2) is 0 Å². The minimum Gasteiger partial charge on any atom is -0.394 e. The fourth-order valence-corrected chi connectivity index (χ4v) is 5.24. The molecule has 172 valence electrons. The average molecular weight is 448 g/mol. The van der Waals surface area contributed by atoms with E-state index in [0.29, 0.717) is 12.1 Å². The molecule has 0 spiro atoms. The van der Waals surface area contributed by atoms with Crippen LogP contribution in [0.2, 0.25) is 0 Å². The number of fused-ring (bicyclic) bond motifs is 1. The number of rotatable bonds is 5. The van der Waals surface area contributed by atoms with Gasteiger partial charge in [-0.05, 0) is 41.7 Å². The molecule has 33 heavy (non-hydrogen) atoms. The molecule has 1 saturated carbocycles. The molecule has 0 aromatic heterocycles. The highest BCUT2D eigenvalue weighted by Crippen LogP contribution is 2.44. The highest BCUT2D eigenvalue weighted by molar-refractivity contribution is 5.95. The lowest BCUT2D eigenvalue weighted by molar-refractivity contribution is -0.167. The molecule has 7 heteroatoms. The lowest BCUT2D eigenvalue weighted by atomic mass is 9.73. The molecule has 1 N–H and O–H groups in total. The molecule has 5 rings (SSSR count). The molecular formula is C26H29N3O4. The maximum atomic E-state index is 12.7. The summed E-state index contributed by atoms with van der Waals surface area (Å²) >= 11 is 0. The first-order chi connectivity index (χ1) is 15.9. The lowest BCUT2D eigenvalue weighted by Gasteiger charge is -2.58. The minimum absolute atomic E-state index is 0.00976. The molecule has 2 heterocycles. The summed E-state index contributed by atoms with van der Waals surface area (Å²) in [4.78, 5) is 42.6. The highest BCUT2D eigenvalue weighted by Gasteiger charge is 2.55. The van der Waals surface area contributed by atoms with E-state index in [1.807, 2.05) is 48.5 Å². The molecule has 0 radical (unpaired) electrons. The zero-order chi connectivity index (χ0) is 23.3. The van der Waals surface area contributed by atoms with Crippen molar-refractivity contribution in [3.8, 4) is 11.1 Å². The largest absolute Gasteiger partial charge is 0.394 e. The van der Waals surface area contributed by atoms with Crippen molar-refractivity contribution in [1.29, 1.82) is 0 Å². The van der Waals surface area contributed by atoms with E-state index in [4.69, 9.17) is 0 Å². The number of aliphatic hydroxyl groups excluding tert-OH is 1. The molecule has 3 fully saturated rings. The Balaban J connectivity index is 1.37. The normalized spacial score (nSPS) is 24.2. The summed E-state index contributed by atoms with van der Waals surface area (Å²) in [6.07, 6.45) is 1.84. The summed E-state index contributed by atoms with van der Waals surface area (Å²) in [6.45, 7) is 0.550. The fraction of sp³-hybridized carbons (Fsp3) is 0.423. The minimum atomic E-state index is -0.257. The second-order valence-electron chi connectivity index (χ2n) is 9.54. The number of nitrogens with zero attached hydrogens (tertiary/aromatic N) is 3. The van der Waals surface area contributed by atoms with Crippen LogP contribution in [-0.2, 0) is 9.59 Å². The Labute approximate surface area is 193 Å². The number of hydrogen-bond acceptors (Lipinski definition) is 4. The lowest BCUT2D eigenvalue weighted by Crippen LogP contribution is -2.73. The standard InChI is InChI=1S/C26H29N3O4/c1-27(2)25(32)20-5-3-4-19(12-20)16-6-8-17(9-7-16)24-21-13-28(26(33)18-10-11-18)14-23(31)29(21)22(24)15-30/h3-9,12,18,21-22,24,30H,10-11,13-15H2,1-2H3/t21-,22+,24+/m1/s1. The van der Waals surface area contributed by atoms with E-state index >= 15 is 0 Å². The van der Waals surface area contributed by atoms with Gasteiger partial charge >= 0.3 is 0 Å². The summed E-state index contributed by atoms with van der Waals surface area (Å²) in [5.41, 5.74) is 3.64. The zero-order valence-corrected chi connectivity index (χ0v) is 19.0. The van der Waals surface area contributed by atoms with Gasteiger partial charge in [0.2, 0.25) is 11.8 Å². The van der Waals surface area contributed by atoms with Crippen LogP contribution in [-0.4, -0.2) is 83.4 Å². The van der Waals surface area contributed by atoms with Crippen molar-refractivity contribution >= 4 is 17.7 Å². The Morgan fingerprint density at radius 2 is 1.79 bits per heavy atom. The van der Waals surface area contributed by atoms with Crippen molar-refractivity contribution in [2.75, 3.05) is 33.8 Å². The van der Waals surface area contributed by atoms with Gasteiger partial charge in [-0.1, -0.05) is 36.4 Å². The van der Waals surface area contributed by atoms with Crippen molar-refractivity contribution in [2.45, 2.75) is 30.8 Å². The maximum Gasteiger partial charge on any atom is 0.253 e. The SMILES string of the molecule is CN(C)C(=O)c1cccc(-c2ccc([C@H]3[C@H]4CN(C(=O)C5CC5)CC(=O)N4[C@H]3CO)cc2)c1. The van der Waals surface area contributed by atoms with Crippen molar-refractivity contribution < 1.29 is 19.5 Å². The van der Waals surface area contributed by atoms with Crippen LogP contribution in [0.1, 0.15) is 34.7 Å². The molecule has 3 atom stereocenters. The van der Waals surface area contributed by atoms with E-state index in [1.165, 1.54) is 0 Å². The predicted octanol–water partition coefficient (Wildman–Crippen LogP) is 1.96. The van der Waals surface area contributed by atoms with Crippen LogP contribution in [0.4, 0.5) is 0 Å². The first kappa shape index (κ1) is 21.6. The van der Waals surface area contributed by atoms with E-state index in [2.05, 4.69) is 0 Å². The third kappa shape index (κ3) is 3.80. The molecule has 2 aromatic carbocycles. The second-order valence-corrected chi connectivity index (χ2v) is 9.54. The number of carbonyl (C=O) groups excluding carboxylic acids is 3. The average Bonchev–Trinajstić information content (AvgIpc) is 3.65. The van der Waals surface area contributed by atoms with E-state index in [0.717, 1.165) is 29.5 Å². The summed E-state index contributed by atoms with van der Waals surface area (Å²) in [5, 5.41) is 10.00. The first-order valence-electron chi connectivity index (χ1n) is 11.5. The van der Waals surface area contributed by atoms with Gasteiger partial charge in [0.05, 0.1) is 25.2 Å². The van der Waals surface area contributed by atoms with Gasteiger partial charge in [0, 0.05) is 38.0 Å². The van der Waals surface area contributed by atoms with E-state index in [-0.39, 0.29) is 54.8 Å². The van der Waals surface area contributed by atoms with Crippen molar-refractivity contribution in [1.82, 2.24) is 14.7 Å². The highest BCUT2D eigenvalue weighted by atomic mass is 16.3. The quantitative estimate of drug-likeness (QED) is 0.760. The van der Waals surface area contributed by atoms with Crippen molar-refractivity contribution in [3.63, 3.8) is 0 Å². The van der Waals surface area contributed by atoms with Crippen LogP contribution in [0.3, 0.4) is 0 Å². The number of aliphatic hydroxyl groups is 1. The summed E-state index contributed by atoms with van der Waals surface area (Å²) in [6, 6.07) is 15.3. The smallest absolute Gasteiger partial charge is 0.253 e. The molecule has 2 aromatic rings. The fourth-order valence-electron chi connectivity index (χ4n) is 5.24. The molecule has 2 saturated heterocycles. The van der Waals surface area contributed by atoms with Gasteiger partial charge in [-0.2, -0.15) is 0 Å². The topological polar surface area (TPSA) is 81.2 Å². The van der Waals surface area contributed by atoms with E-state index in [9.17, 15) is 19.5 Å². The molecule has 0 bridgehead atoms. The Hall–Kier alpha value is -3.19. The number of piperazine rings is 1. The second kappa shape index (κ2) is 8.30. The molecular weight excluding hydrogens is 418 g/mol. The number of benzene rings is 2. The van der Waals surface area contributed by atoms with Gasteiger partial charge in [-0.3, -0.25) is 14.4 Å². The molecule has 3 amide bonds. The third-order valence-corrected chi connectivity index (χ3v) is 7.14. The van der Waals surface area contributed by atoms with Crippen LogP contribution in [0.25, 0.3) is 11.1 Å². The Bertz CT molecular complexity index is 1090. The Kier molecular flexibility index (Phi) is 5.44. The van der Waals surface area contributed by atoms with Gasteiger partial charge in [0.15, 0.2) is 0 Å². The van der Waals surface area contributed by atoms with Crippen LogP contribution >= 0.6 is 0 Å². The molecule has 0 unspecified atom stereocenters. The third-order valence-electron chi connectivity index (χ3n) is 7.14. The van der Waals surface area contributed by atoms with Crippen LogP contribution in [0.15, 0.2) is 48.5 Å². The maximum absolute atomic E-state index is 12.7. The summed E-state index contributed by atoms with van der Waals surface area (Å²) in [7, 11) is 3.47. The van der Waals surface area contributed by atoms with Crippen molar-refractivity contribution in [3.05, 3.63) is 59.7 Å². The number of amides is 3. The van der Waals surface area contributed by atoms with Gasteiger partial charge in [0.25, 0.3) is 5.91 Å². The summed E-state index contributed by atoms with van der Waals surface area (Å²) in [5.74, 6) is 0.0581. The monoisotopic (exact) mass is 447 g/mol. The molecule has 1 aliphatic carbocycles. The first-order valence-corrected chi connectivity index (χ1v) is 11.5.